The highest BCUT2D eigenvalue weighted by Crippen LogP contribution is 2.44. The maximum atomic E-state index is 12.2. The van der Waals surface area contributed by atoms with Crippen LogP contribution in [-0.2, 0) is 23.7 Å². The normalized spacial score (nSPS) is 11.9. The van der Waals surface area contributed by atoms with Crippen LogP contribution in [0, 0.1) is 0 Å². The molecule has 4 rings (SSSR count). The van der Waals surface area contributed by atoms with E-state index in [4.69, 9.17) is 23.7 Å². The number of amides is 2. The molecule has 218 valence electrons. The van der Waals surface area contributed by atoms with E-state index in [-0.39, 0.29) is 11.8 Å². The third-order valence-electron chi connectivity index (χ3n) is 6.49. The number of fused-ring (bicyclic) bond motifs is 3. The van der Waals surface area contributed by atoms with E-state index in [0.717, 1.165) is 5.69 Å². The van der Waals surface area contributed by atoms with E-state index in [1.807, 2.05) is 24.3 Å². The summed E-state index contributed by atoms with van der Waals surface area (Å²) in [4.78, 5) is 23.3. The van der Waals surface area contributed by atoms with Gasteiger partial charge in [-0.1, -0.05) is 48.5 Å². The van der Waals surface area contributed by atoms with Crippen molar-refractivity contribution < 1.29 is 33.3 Å². The van der Waals surface area contributed by atoms with Gasteiger partial charge in [-0.15, -0.1) is 0 Å². The molecule has 0 unspecified atom stereocenters. The van der Waals surface area contributed by atoms with Gasteiger partial charge in [0.2, 0.25) is 5.91 Å². The summed E-state index contributed by atoms with van der Waals surface area (Å²) in [7, 11) is 0. The Morgan fingerprint density at radius 1 is 0.707 bits per heavy atom. The Kier molecular flexibility index (Phi) is 12.0. The van der Waals surface area contributed by atoms with Gasteiger partial charge in [0.05, 0.1) is 33.0 Å². The molecular weight excluding hydrogens is 524 g/mol. The smallest absolute Gasteiger partial charge is 0.407 e. The van der Waals surface area contributed by atoms with E-state index >= 15 is 0 Å². The number of nitrogens with one attached hydrogen (secondary N) is 2. The van der Waals surface area contributed by atoms with Crippen molar-refractivity contribution >= 4 is 17.7 Å². The van der Waals surface area contributed by atoms with Crippen molar-refractivity contribution in [2.45, 2.75) is 19.3 Å². The molecule has 0 saturated heterocycles. The van der Waals surface area contributed by atoms with Crippen LogP contribution in [0.5, 0.6) is 5.75 Å². The first kappa shape index (κ1) is 30.0. The third-order valence-corrected chi connectivity index (χ3v) is 6.49. The van der Waals surface area contributed by atoms with Crippen molar-refractivity contribution in [3.8, 4) is 16.9 Å². The molecule has 3 aromatic carbocycles. The monoisotopic (exact) mass is 562 g/mol. The Balaban J connectivity index is 0.948. The molecule has 2 amide bonds. The summed E-state index contributed by atoms with van der Waals surface area (Å²) in [5.74, 6) is 0.655. The fourth-order valence-corrected chi connectivity index (χ4v) is 4.61. The molecule has 41 heavy (non-hydrogen) atoms. The van der Waals surface area contributed by atoms with Crippen molar-refractivity contribution in [1.82, 2.24) is 5.32 Å². The van der Waals surface area contributed by atoms with Crippen LogP contribution >= 0.6 is 0 Å². The van der Waals surface area contributed by atoms with Crippen LogP contribution in [0.4, 0.5) is 10.5 Å². The van der Waals surface area contributed by atoms with Gasteiger partial charge in [0.15, 0.2) is 0 Å². The van der Waals surface area contributed by atoms with Crippen molar-refractivity contribution in [2.24, 2.45) is 0 Å². The number of ether oxygens (including phenoxy) is 5. The summed E-state index contributed by atoms with van der Waals surface area (Å²) in [6.45, 7) is 5.53. The first-order valence-corrected chi connectivity index (χ1v) is 13.9. The van der Waals surface area contributed by atoms with Crippen LogP contribution in [0.1, 0.15) is 30.4 Å². The topological polar surface area (TPSA) is 104 Å². The summed E-state index contributed by atoms with van der Waals surface area (Å²) < 4.78 is 27.7. The Morgan fingerprint density at radius 2 is 1.27 bits per heavy atom. The van der Waals surface area contributed by atoms with Crippen LogP contribution < -0.4 is 15.4 Å². The van der Waals surface area contributed by atoms with Crippen molar-refractivity contribution in [2.75, 3.05) is 64.7 Å². The lowest BCUT2D eigenvalue weighted by atomic mass is 9.98. The lowest BCUT2D eigenvalue weighted by molar-refractivity contribution is -0.114. The molecule has 0 atom stereocenters. The molecule has 1 aliphatic carbocycles. The van der Waals surface area contributed by atoms with E-state index in [2.05, 4.69) is 34.9 Å². The SMILES string of the molecule is CC(=O)Nc1ccc(OCCOCCOCCOCCCNC(=O)OCC2c3ccccc3-c3ccccc32)cc1. The molecule has 0 bridgehead atoms. The minimum Gasteiger partial charge on any atom is -0.491 e. The minimum atomic E-state index is -0.416. The number of carbonyl (C=O) groups excluding carboxylic acids is 2. The molecule has 0 heterocycles. The second-order valence-electron chi connectivity index (χ2n) is 9.50. The summed E-state index contributed by atoms with van der Waals surface area (Å²) in [5.41, 5.74) is 5.54. The number of anilines is 1. The van der Waals surface area contributed by atoms with Gasteiger partial charge >= 0.3 is 6.09 Å². The Morgan fingerprint density at radius 3 is 1.88 bits per heavy atom. The molecule has 9 heteroatoms. The second kappa shape index (κ2) is 16.4. The number of hydrogen-bond acceptors (Lipinski definition) is 7. The highest BCUT2D eigenvalue weighted by atomic mass is 16.6. The molecule has 2 N–H and O–H groups in total. The molecule has 0 aromatic heterocycles. The zero-order valence-electron chi connectivity index (χ0n) is 23.4. The Bertz CT molecular complexity index is 1200. The van der Waals surface area contributed by atoms with Gasteiger partial charge in [0.25, 0.3) is 0 Å². The summed E-state index contributed by atoms with van der Waals surface area (Å²) in [5, 5.41) is 5.50. The molecular formula is C32H38N2O7. The molecule has 0 fully saturated rings. The predicted octanol–water partition coefficient (Wildman–Crippen LogP) is 5.00. The van der Waals surface area contributed by atoms with Crippen molar-refractivity contribution in [3.05, 3.63) is 83.9 Å². The highest BCUT2D eigenvalue weighted by Gasteiger charge is 2.28. The number of benzene rings is 3. The second-order valence-corrected chi connectivity index (χ2v) is 9.50. The Hall–Kier alpha value is -3.92. The van der Waals surface area contributed by atoms with Gasteiger partial charge < -0.3 is 34.3 Å². The van der Waals surface area contributed by atoms with Crippen LogP contribution in [0.25, 0.3) is 11.1 Å². The molecule has 0 saturated carbocycles. The van der Waals surface area contributed by atoms with E-state index < -0.39 is 6.09 Å². The highest BCUT2D eigenvalue weighted by molar-refractivity contribution is 5.88. The zero-order valence-corrected chi connectivity index (χ0v) is 23.4. The standard InChI is InChI=1S/C32H38N2O7/c1-24(35)34-25-11-13-26(14-12-25)40-22-21-39-20-19-38-18-17-37-16-6-15-33-32(36)41-23-31-29-9-4-2-7-27(29)28-8-3-5-10-30(28)31/h2-5,7-14,31H,6,15-23H2,1H3,(H,33,36)(H,34,35). The fourth-order valence-electron chi connectivity index (χ4n) is 4.61. The number of hydrogen-bond donors (Lipinski definition) is 2. The summed E-state index contributed by atoms with van der Waals surface area (Å²) in [6, 6.07) is 23.7. The maximum absolute atomic E-state index is 12.2. The lowest BCUT2D eigenvalue weighted by Gasteiger charge is -2.14. The van der Waals surface area contributed by atoms with Crippen molar-refractivity contribution in [3.63, 3.8) is 0 Å². The number of alkyl carbamates (subject to hydrolysis) is 1. The van der Waals surface area contributed by atoms with Crippen LogP contribution in [-0.4, -0.2) is 71.4 Å². The Labute approximate surface area is 241 Å². The minimum absolute atomic E-state index is 0.0521. The summed E-state index contributed by atoms with van der Waals surface area (Å²) >= 11 is 0. The van der Waals surface area contributed by atoms with Gasteiger partial charge in [-0.3, -0.25) is 4.79 Å². The largest absolute Gasteiger partial charge is 0.491 e. The molecule has 0 aliphatic heterocycles. The van der Waals surface area contributed by atoms with E-state index in [1.54, 1.807) is 24.3 Å². The van der Waals surface area contributed by atoms with E-state index in [0.29, 0.717) is 71.6 Å². The molecule has 3 aromatic rings. The first-order chi connectivity index (χ1) is 20.1. The fraction of sp³-hybridized carbons (Fsp3) is 0.375. The molecule has 9 nitrogen and oxygen atoms in total. The van der Waals surface area contributed by atoms with Gasteiger partial charge in [-0.2, -0.15) is 0 Å². The zero-order chi connectivity index (χ0) is 28.7. The maximum Gasteiger partial charge on any atom is 0.407 e. The van der Waals surface area contributed by atoms with E-state index in [9.17, 15) is 9.59 Å². The quantitative estimate of drug-likeness (QED) is 0.223. The molecule has 0 radical (unpaired) electrons. The predicted molar refractivity (Wildman–Crippen MR) is 156 cm³/mol. The van der Waals surface area contributed by atoms with E-state index in [1.165, 1.54) is 29.2 Å². The van der Waals surface area contributed by atoms with Crippen LogP contribution in [0.2, 0.25) is 0 Å². The average Bonchev–Trinajstić information content (AvgIpc) is 3.30. The van der Waals surface area contributed by atoms with Gasteiger partial charge in [-0.05, 0) is 52.9 Å². The number of carbonyl (C=O) groups is 2. The van der Waals surface area contributed by atoms with Crippen LogP contribution in [0.3, 0.4) is 0 Å². The lowest BCUT2D eigenvalue weighted by Crippen LogP contribution is -2.27. The van der Waals surface area contributed by atoms with Gasteiger partial charge in [0, 0.05) is 31.7 Å². The van der Waals surface area contributed by atoms with Crippen molar-refractivity contribution in [1.29, 1.82) is 0 Å². The van der Waals surface area contributed by atoms with Gasteiger partial charge in [-0.25, -0.2) is 4.79 Å². The number of rotatable bonds is 17. The molecule has 1 aliphatic rings. The molecule has 0 spiro atoms. The van der Waals surface area contributed by atoms with Crippen LogP contribution in [0.15, 0.2) is 72.8 Å². The average molecular weight is 563 g/mol. The third kappa shape index (κ3) is 9.60. The first-order valence-electron chi connectivity index (χ1n) is 13.9. The van der Waals surface area contributed by atoms with Gasteiger partial charge in [0.1, 0.15) is 19.0 Å². The summed E-state index contributed by atoms with van der Waals surface area (Å²) in [6.07, 6.45) is 0.268.